The summed E-state index contributed by atoms with van der Waals surface area (Å²) in [6, 6.07) is 7.09. The summed E-state index contributed by atoms with van der Waals surface area (Å²) in [4.78, 5) is 4.93. The number of anilines is 1. The molecule has 1 heterocycles. The first kappa shape index (κ1) is 14.8. The molecule has 0 bridgehead atoms. The Bertz CT molecular complexity index is 737. The highest BCUT2D eigenvalue weighted by Crippen LogP contribution is 2.28. The van der Waals surface area contributed by atoms with Gasteiger partial charge in [0.2, 0.25) is 0 Å². The van der Waals surface area contributed by atoms with E-state index in [0.717, 1.165) is 28.8 Å². The molecule has 0 saturated carbocycles. The van der Waals surface area contributed by atoms with Crippen LogP contribution in [-0.4, -0.2) is 26.2 Å². The maximum absolute atomic E-state index is 11.6. The van der Waals surface area contributed by atoms with Crippen LogP contribution in [-0.2, 0) is 9.84 Å². The third-order valence-corrected chi connectivity index (χ3v) is 4.32. The second-order valence-electron chi connectivity index (χ2n) is 5.24. The second kappa shape index (κ2) is 5.40. The standard InChI is InChI=1S/C15H20N2O2S/c1-5-16-15-13(10(2)3)9-11-8-12(20(4,18)19)6-7-14(11)17-15/h6-10H,5H2,1-4H3,(H,16,17). The summed E-state index contributed by atoms with van der Waals surface area (Å²) >= 11 is 0. The molecule has 20 heavy (non-hydrogen) atoms. The molecule has 2 aromatic rings. The van der Waals surface area contributed by atoms with E-state index in [-0.39, 0.29) is 0 Å². The van der Waals surface area contributed by atoms with Crippen molar-refractivity contribution in [1.82, 2.24) is 4.98 Å². The molecule has 0 spiro atoms. The van der Waals surface area contributed by atoms with Gasteiger partial charge >= 0.3 is 0 Å². The molecular weight excluding hydrogens is 272 g/mol. The summed E-state index contributed by atoms with van der Waals surface area (Å²) < 4.78 is 23.3. The number of pyridine rings is 1. The van der Waals surface area contributed by atoms with Crippen molar-refractivity contribution in [3.05, 3.63) is 29.8 Å². The lowest BCUT2D eigenvalue weighted by Crippen LogP contribution is -2.05. The molecule has 0 unspecified atom stereocenters. The minimum atomic E-state index is -3.19. The molecule has 2 rings (SSSR count). The molecule has 5 heteroatoms. The van der Waals surface area contributed by atoms with Gasteiger partial charge in [-0.2, -0.15) is 0 Å². The van der Waals surface area contributed by atoms with Crippen molar-refractivity contribution in [2.45, 2.75) is 31.6 Å². The average molecular weight is 292 g/mol. The zero-order valence-electron chi connectivity index (χ0n) is 12.3. The summed E-state index contributed by atoms with van der Waals surface area (Å²) in [5.41, 5.74) is 1.91. The van der Waals surface area contributed by atoms with Crippen molar-refractivity contribution in [3.8, 4) is 0 Å². The highest BCUT2D eigenvalue weighted by atomic mass is 32.2. The van der Waals surface area contributed by atoms with Crippen molar-refractivity contribution in [2.24, 2.45) is 0 Å². The van der Waals surface area contributed by atoms with Gasteiger partial charge in [-0.25, -0.2) is 13.4 Å². The number of benzene rings is 1. The molecule has 1 aromatic heterocycles. The molecule has 0 atom stereocenters. The molecular formula is C15H20N2O2S. The Labute approximate surface area is 120 Å². The van der Waals surface area contributed by atoms with Gasteiger partial charge in [0.15, 0.2) is 9.84 Å². The first-order valence-electron chi connectivity index (χ1n) is 6.71. The fourth-order valence-electron chi connectivity index (χ4n) is 2.15. The Hall–Kier alpha value is -1.62. The normalized spacial score (nSPS) is 12.1. The molecule has 108 valence electrons. The fraction of sp³-hybridized carbons (Fsp3) is 0.400. The number of nitrogens with zero attached hydrogens (tertiary/aromatic N) is 1. The van der Waals surface area contributed by atoms with E-state index in [0.29, 0.717) is 10.8 Å². The first-order valence-corrected chi connectivity index (χ1v) is 8.60. The number of hydrogen-bond donors (Lipinski definition) is 1. The van der Waals surface area contributed by atoms with E-state index in [4.69, 9.17) is 0 Å². The SMILES string of the molecule is CCNc1nc2ccc(S(C)(=O)=O)cc2cc1C(C)C. The van der Waals surface area contributed by atoms with Crippen LogP contribution < -0.4 is 5.32 Å². The molecule has 0 aliphatic rings. The predicted molar refractivity (Wildman–Crippen MR) is 83.1 cm³/mol. The minimum absolute atomic E-state index is 0.322. The maximum atomic E-state index is 11.6. The Morgan fingerprint density at radius 3 is 2.50 bits per heavy atom. The van der Waals surface area contributed by atoms with E-state index < -0.39 is 9.84 Å². The topological polar surface area (TPSA) is 59.1 Å². The highest BCUT2D eigenvalue weighted by Gasteiger charge is 2.12. The zero-order chi connectivity index (χ0) is 14.9. The molecule has 0 aliphatic heterocycles. The van der Waals surface area contributed by atoms with Gasteiger partial charge in [0, 0.05) is 18.2 Å². The lowest BCUT2D eigenvalue weighted by molar-refractivity contribution is 0.602. The molecule has 0 aliphatic carbocycles. The van der Waals surface area contributed by atoms with E-state index in [1.807, 2.05) is 13.0 Å². The molecule has 1 N–H and O–H groups in total. The van der Waals surface area contributed by atoms with Gasteiger partial charge in [-0.15, -0.1) is 0 Å². The van der Waals surface area contributed by atoms with Crippen molar-refractivity contribution in [2.75, 3.05) is 18.1 Å². The van der Waals surface area contributed by atoms with Crippen molar-refractivity contribution >= 4 is 26.6 Å². The minimum Gasteiger partial charge on any atom is -0.370 e. The van der Waals surface area contributed by atoms with Crippen LogP contribution in [0.3, 0.4) is 0 Å². The molecule has 1 aromatic carbocycles. The molecule has 4 nitrogen and oxygen atoms in total. The summed E-state index contributed by atoms with van der Waals surface area (Å²) in [6.45, 7) is 7.04. The Kier molecular flexibility index (Phi) is 3.99. The van der Waals surface area contributed by atoms with Crippen LogP contribution in [0.25, 0.3) is 10.9 Å². The number of hydrogen-bond acceptors (Lipinski definition) is 4. The number of sulfone groups is 1. The number of nitrogens with one attached hydrogen (secondary N) is 1. The van der Waals surface area contributed by atoms with Crippen LogP contribution in [0.4, 0.5) is 5.82 Å². The lowest BCUT2D eigenvalue weighted by atomic mass is 10.0. The fourth-order valence-corrected chi connectivity index (χ4v) is 2.81. The Morgan fingerprint density at radius 2 is 1.95 bits per heavy atom. The quantitative estimate of drug-likeness (QED) is 0.940. The first-order chi connectivity index (χ1) is 9.32. The zero-order valence-corrected chi connectivity index (χ0v) is 13.1. The van der Waals surface area contributed by atoms with E-state index in [1.165, 1.54) is 6.26 Å². The van der Waals surface area contributed by atoms with Crippen LogP contribution in [0, 0.1) is 0 Å². The van der Waals surface area contributed by atoms with Crippen LogP contribution in [0.5, 0.6) is 0 Å². The number of aromatic nitrogens is 1. The summed E-state index contributed by atoms with van der Waals surface area (Å²) in [5.74, 6) is 1.20. The van der Waals surface area contributed by atoms with E-state index in [9.17, 15) is 8.42 Å². The van der Waals surface area contributed by atoms with Crippen LogP contribution in [0.1, 0.15) is 32.3 Å². The van der Waals surface area contributed by atoms with Gasteiger partial charge < -0.3 is 5.32 Å². The molecule has 0 saturated heterocycles. The largest absolute Gasteiger partial charge is 0.370 e. The second-order valence-corrected chi connectivity index (χ2v) is 7.25. The van der Waals surface area contributed by atoms with E-state index >= 15 is 0 Å². The van der Waals surface area contributed by atoms with Crippen molar-refractivity contribution < 1.29 is 8.42 Å². The summed E-state index contributed by atoms with van der Waals surface area (Å²) in [7, 11) is -3.19. The molecule has 0 fully saturated rings. The summed E-state index contributed by atoms with van der Waals surface area (Å²) in [6.07, 6.45) is 1.22. The monoisotopic (exact) mass is 292 g/mol. The van der Waals surface area contributed by atoms with Gasteiger partial charge in [-0.05, 0) is 42.7 Å². The van der Waals surface area contributed by atoms with E-state index in [2.05, 4.69) is 24.1 Å². The van der Waals surface area contributed by atoms with Crippen LogP contribution in [0.2, 0.25) is 0 Å². The third-order valence-electron chi connectivity index (χ3n) is 3.21. The van der Waals surface area contributed by atoms with Gasteiger partial charge in [-0.1, -0.05) is 13.8 Å². The van der Waals surface area contributed by atoms with Crippen LogP contribution in [0.15, 0.2) is 29.2 Å². The van der Waals surface area contributed by atoms with Crippen LogP contribution >= 0.6 is 0 Å². The molecule has 0 amide bonds. The molecule has 0 radical (unpaired) electrons. The third kappa shape index (κ3) is 2.93. The number of fused-ring (bicyclic) bond motifs is 1. The smallest absolute Gasteiger partial charge is 0.175 e. The van der Waals surface area contributed by atoms with Gasteiger partial charge in [0.05, 0.1) is 10.4 Å². The van der Waals surface area contributed by atoms with Gasteiger partial charge in [0.25, 0.3) is 0 Å². The maximum Gasteiger partial charge on any atom is 0.175 e. The Morgan fingerprint density at radius 1 is 1.25 bits per heavy atom. The number of rotatable bonds is 4. The average Bonchev–Trinajstić information content (AvgIpc) is 2.36. The lowest BCUT2D eigenvalue weighted by Gasteiger charge is -2.14. The van der Waals surface area contributed by atoms with Gasteiger partial charge in [-0.3, -0.25) is 0 Å². The summed E-state index contributed by atoms with van der Waals surface area (Å²) in [5, 5.41) is 4.12. The Balaban J connectivity index is 2.68. The highest BCUT2D eigenvalue weighted by molar-refractivity contribution is 7.90. The van der Waals surface area contributed by atoms with Crippen molar-refractivity contribution in [3.63, 3.8) is 0 Å². The van der Waals surface area contributed by atoms with Gasteiger partial charge in [0.1, 0.15) is 5.82 Å². The van der Waals surface area contributed by atoms with E-state index in [1.54, 1.807) is 18.2 Å². The predicted octanol–water partition coefficient (Wildman–Crippen LogP) is 3.19. The van der Waals surface area contributed by atoms with Crippen molar-refractivity contribution in [1.29, 1.82) is 0 Å².